The zero-order valence-corrected chi connectivity index (χ0v) is 24.1. The Morgan fingerprint density at radius 1 is 0.833 bits per heavy atom. The van der Waals surface area contributed by atoms with Crippen LogP contribution in [0.3, 0.4) is 0 Å². The van der Waals surface area contributed by atoms with Crippen LogP contribution in [0.2, 0.25) is 0 Å². The average Bonchev–Trinajstić information content (AvgIpc) is 3.00. The van der Waals surface area contributed by atoms with Gasteiger partial charge in [0.15, 0.2) is 0 Å². The van der Waals surface area contributed by atoms with Crippen LogP contribution in [0.25, 0.3) is 22.2 Å². The Balaban J connectivity index is 1.29. The summed E-state index contributed by atoms with van der Waals surface area (Å²) < 4.78 is 5.16. The van der Waals surface area contributed by atoms with Crippen molar-refractivity contribution in [3.8, 4) is 17.0 Å². The fourth-order valence-corrected chi connectivity index (χ4v) is 4.59. The zero-order chi connectivity index (χ0) is 29.6. The number of methoxy groups -OCH3 is 1. The second-order valence-electron chi connectivity index (χ2n) is 10.2. The second kappa shape index (κ2) is 12.5. The van der Waals surface area contributed by atoms with E-state index >= 15 is 0 Å². The molecule has 2 amide bonds. The van der Waals surface area contributed by atoms with E-state index in [-0.39, 0.29) is 18.2 Å². The normalized spacial score (nSPS) is 11.3. The molecule has 0 radical (unpaired) electrons. The topological polar surface area (TPSA) is 92.7 Å². The maximum absolute atomic E-state index is 13.4. The molecule has 7 nitrogen and oxygen atoms in total. The first-order chi connectivity index (χ1) is 20.3. The van der Waals surface area contributed by atoms with E-state index in [0.717, 1.165) is 50.2 Å². The number of ether oxygens (including phenoxy) is 1. The number of hydrogen-bond acceptors (Lipinski definition) is 5. The standard InChI is InChI=1S/C35H32N4O3/c1-22-5-10-27(11-6-22)33-21-31(30-19-23(2)7-18-32(30)37-33)35(41)39-38-24(3)26-12-14-28(15-13-26)36-34(40)20-25-8-16-29(42-4)17-9-25/h5-19,21H,20H2,1-4H3,(H,36,40)(H,39,41)/b38-24+. The monoisotopic (exact) mass is 556 g/mol. The molecule has 42 heavy (non-hydrogen) atoms. The van der Waals surface area contributed by atoms with E-state index in [1.165, 1.54) is 0 Å². The highest BCUT2D eigenvalue weighted by Crippen LogP contribution is 2.26. The number of nitrogens with one attached hydrogen (secondary N) is 2. The van der Waals surface area contributed by atoms with Crippen LogP contribution in [0.15, 0.2) is 102 Å². The summed E-state index contributed by atoms with van der Waals surface area (Å²) in [5, 5.41) is 8.06. The maximum atomic E-state index is 13.4. The van der Waals surface area contributed by atoms with Gasteiger partial charge in [0.05, 0.1) is 36.0 Å². The van der Waals surface area contributed by atoms with E-state index < -0.39 is 0 Å². The van der Waals surface area contributed by atoms with Crippen LogP contribution in [0, 0.1) is 13.8 Å². The van der Waals surface area contributed by atoms with Crippen molar-refractivity contribution in [1.29, 1.82) is 0 Å². The molecule has 0 aliphatic heterocycles. The zero-order valence-electron chi connectivity index (χ0n) is 24.1. The number of aryl methyl sites for hydroxylation is 2. The summed E-state index contributed by atoms with van der Waals surface area (Å²) in [7, 11) is 1.61. The van der Waals surface area contributed by atoms with Gasteiger partial charge in [-0.1, -0.05) is 65.7 Å². The molecule has 5 aromatic rings. The largest absolute Gasteiger partial charge is 0.497 e. The third-order valence-electron chi connectivity index (χ3n) is 6.99. The minimum atomic E-state index is -0.317. The summed E-state index contributed by atoms with van der Waals surface area (Å²) in [6.45, 7) is 5.85. The minimum Gasteiger partial charge on any atom is -0.497 e. The predicted molar refractivity (Wildman–Crippen MR) is 168 cm³/mol. The number of benzene rings is 4. The van der Waals surface area contributed by atoms with Crippen LogP contribution in [0.1, 0.15) is 39.5 Å². The third-order valence-corrected chi connectivity index (χ3v) is 6.99. The summed E-state index contributed by atoms with van der Waals surface area (Å²) in [4.78, 5) is 30.7. The number of aromatic nitrogens is 1. The van der Waals surface area contributed by atoms with Crippen molar-refractivity contribution in [1.82, 2.24) is 10.4 Å². The van der Waals surface area contributed by atoms with Gasteiger partial charge in [-0.2, -0.15) is 5.10 Å². The molecule has 0 atom stereocenters. The molecule has 0 fully saturated rings. The minimum absolute atomic E-state index is 0.115. The first-order valence-electron chi connectivity index (χ1n) is 13.7. The fraction of sp³-hybridized carbons (Fsp3) is 0.143. The van der Waals surface area contributed by atoms with Crippen molar-refractivity contribution in [3.05, 3.63) is 125 Å². The highest BCUT2D eigenvalue weighted by atomic mass is 16.5. The van der Waals surface area contributed by atoms with Crippen molar-refractivity contribution in [2.75, 3.05) is 12.4 Å². The van der Waals surface area contributed by atoms with Crippen LogP contribution in [0.4, 0.5) is 5.69 Å². The smallest absolute Gasteiger partial charge is 0.272 e. The average molecular weight is 557 g/mol. The third kappa shape index (κ3) is 6.70. The van der Waals surface area contributed by atoms with E-state index in [1.54, 1.807) is 7.11 Å². The number of hydrogen-bond donors (Lipinski definition) is 2. The lowest BCUT2D eigenvalue weighted by atomic mass is 10.0. The second-order valence-corrected chi connectivity index (χ2v) is 10.2. The molecule has 0 unspecified atom stereocenters. The van der Waals surface area contributed by atoms with Gasteiger partial charge in [-0.25, -0.2) is 10.4 Å². The summed E-state index contributed by atoms with van der Waals surface area (Å²) in [5.41, 5.74) is 10.9. The molecule has 210 valence electrons. The molecule has 7 heteroatoms. The Morgan fingerprint density at radius 2 is 1.52 bits per heavy atom. The molecular weight excluding hydrogens is 524 g/mol. The molecule has 4 aromatic carbocycles. The molecule has 0 spiro atoms. The van der Waals surface area contributed by atoms with Gasteiger partial charge in [-0.3, -0.25) is 9.59 Å². The van der Waals surface area contributed by atoms with Gasteiger partial charge in [-0.05, 0) is 74.4 Å². The molecule has 5 rings (SSSR count). The first kappa shape index (κ1) is 28.2. The maximum Gasteiger partial charge on any atom is 0.272 e. The molecule has 0 saturated heterocycles. The molecule has 0 bridgehead atoms. The number of nitrogens with zero attached hydrogens (tertiary/aromatic N) is 2. The summed E-state index contributed by atoms with van der Waals surface area (Å²) in [6.07, 6.45) is 0.257. The van der Waals surface area contributed by atoms with Crippen LogP contribution < -0.4 is 15.5 Å². The summed E-state index contributed by atoms with van der Waals surface area (Å²) >= 11 is 0. The van der Waals surface area contributed by atoms with Gasteiger partial charge in [-0.15, -0.1) is 0 Å². The number of hydrazone groups is 1. The number of rotatable bonds is 8. The lowest BCUT2D eigenvalue weighted by Crippen LogP contribution is -2.20. The number of amides is 2. The number of carbonyl (C=O) groups excluding carboxylic acids is 2. The first-order valence-corrected chi connectivity index (χ1v) is 13.7. The SMILES string of the molecule is COc1ccc(CC(=O)Nc2ccc(/C(C)=N/NC(=O)c3cc(-c4ccc(C)cc4)nc4ccc(C)cc34)cc2)cc1. The Labute approximate surface area is 245 Å². The fourth-order valence-electron chi connectivity index (χ4n) is 4.59. The van der Waals surface area contributed by atoms with E-state index in [0.29, 0.717) is 17.0 Å². The molecule has 1 heterocycles. The highest BCUT2D eigenvalue weighted by molar-refractivity contribution is 6.08. The van der Waals surface area contributed by atoms with E-state index in [1.807, 2.05) is 118 Å². The Bertz CT molecular complexity index is 1780. The molecular formula is C35H32N4O3. The Morgan fingerprint density at radius 3 is 2.21 bits per heavy atom. The molecule has 0 saturated carbocycles. The number of pyridine rings is 1. The molecule has 1 aromatic heterocycles. The van der Waals surface area contributed by atoms with Gasteiger partial charge in [0, 0.05) is 16.6 Å². The highest BCUT2D eigenvalue weighted by Gasteiger charge is 2.15. The van der Waals surface area contributed by atoms with Crippen molar-refractivity contribution < 1.29 is 14.3 Å². The van der Waals surface area contributed by atoms with Gasteiger partial charge in [0.25, 0.3) is 5.91 Å². The van der Waals surface area contributed by atoms with E-state index in [2.05, 4.69) is 15.8 Å². The summed E-state index contributed by atoms with van der Waals surface area (Å²) in [5.74, 6) is 0.317. The van der Waals surface area contributed by atoms with Crippen LogP contribution in [0.5, 0.6) is 5.75 Å². The van der Waals surface area contributed by atoms with Crippen molar-refractivity contribution in [2.24, 2.45) is 5.10 Å². The van der Waals surface area contributed by atoms with Crippen LogP contribution in [-0.2, 0) is 11.2 Å². The van der Waals surface area contributed by atoms with E-state index in [9.17, 15) is 9.59 Å². The number of anilines is 1. The van der Waals surface area contributed by atoms with Crippen LogP contribution in [-0.4, -0.2) is 29.6 Å². The van der Waals surface area contributed by atoms with Gasteiger partial charge in [0.1, 0.15) is 5.75 Å². The van der Waals surface area contributed by atoms with E-state index in [4.69, 9.17) is 9.72 Å². The van der Waals surface area contributed by atoms with Gasteiger partial charge < -0.3 is 10.1 Å². The van der Waals surface area contributed by atoms with Gasteiger partial charge in [0.2, 0.25) is 5.91 Å². The Hall–Kier alpha value is -5.30. The van der Waals surface area contributed by atoms with Crippen molar-refractivity contribution in [2.45, 2.75) is 27.2 Å². The number of carbonyl (C=O) groups is 2. The Kier molecular flexibility index (Phi) is 8.39. The lowest BCUT2D eigenvalue weighted by molar-refractivity contribution is -0.115. The molecule has 0 aliphatic carbocycles. The lowest BCUT2D eigenvalue weighted by Gasteiger charge is -2.11. The number of fused-ring (bicyclic) bond motifs is 1. The van der Waals surface area contributed by atoms with Gasteiger partial charge >= 0.3 is 0 Å². The summed E-state index contributed by atoms with van der Waals surface area (Å²) in [6, 6.07) is 30.5. The predicted octanol–water partition coefficient (Wildman–Crippen LogP) is 6.86. The van der Waals surface area contributed by atoms with Crippen molar-refractivity contribution >= 4 is 34.1 Å². The molecule has 0 aliphatic rings. The quantitative estimate of drug-likeness (QED) is 0.161. The van der Waals surface area contributed by atoms with Crippen molar-refractivity contribution in [3.63, 3.8) is 0 Å². The van der Waals surface area contributed by atoms with Crippen LogP contribution >= 0.6 is 0 Å². The molecule has 2 N–H and O–H groups in total.